The minimum absolute atomic E-state index is 0. The van der Waals surface area contributed by atoms with Crippen LogP contribution in [-0.2, 0) is 6.42 Å². The first kappa shape index (κ1) is 19.4. The van der Waals surface area contributed by atoms with Crippen molar-refractivity contribution in [2.24, 2.45) is 0 Å². The molecule has 0 aromatic heterocycles. The number of hydrogen-bond acceptors (Lipinski definition) is 3. The quantitative estimate of drug-likeness (QED) is 0.810. The lowest BCUT2D eigenvalue weighted by molar-refractivity contribution is 0.123. The van der Waals surface area contributed by atoms with Gasteiger partial charge in [0, 0.05) is 12.1 Å². The van der Waals surface area contributed by atoms with Gasteiger partial charge in [-0.2, -0.15) is 0 Å². The van der Waals surface area contributed by atoms with Crippen LogP contribution in [0.3, 0.4) is 0 Å². The molecule has 0 unspecified atom stereocenters. The van der Waals surface area contributed by atoms with Crippen LogP contribution < -0.4 is 0 Å². The zero-order valence-electron chi connectivity index (χ0n) is 13.2. The van der Waals surface area contributed by atoms with Crippen LogP contribution in [0.5, 0.6) is 5.75 Å². The lowest BCUT2D eigenvalue weighted by Crippen LogP contribution is -2.26. The number of nitrogens with zero attached hydrogens (tertiary/aromatic N) is 1. The van der Waals surface area contributed by atoms with Crippen molar-refractivity contribution in [2.75, 3.05) is 20.1 Å². The topological polar surface area (TPSA) is 43.7 Å². The minimum Gasteiger partial charge on any atom is -0.508 e. The lowest BCUT2D eigenvalue weighted by Gasteiger charge is -2.21. The lowest BCUT2D eigenvalue weighted by atomic mass is 10.1. The van der Waals surface area contributed by atoms with Crippen molar-refractivity contribution in [3.63, 3.8) is 0 Å². The fourth-order valence-electron chi connectivity index (χ4n) is 2.45. The Balaban J connectivity index is 0.00000264. The van der Waals surface area contributed by atoms with Crippen molar-refractivity contribution in [1.82, 2.24) is 4.90 Å². The highest BCUT2D eigenvalue weighted by atomic mass is 35.5. The molecule has 0 amide bonds. The number of halogens is 2. The summed E-state index contributed by atoms with van der Waals surface area (Å²) in [4.78, 5) is 2.00. The molecule has 2 aromatic rings. The second-order valence-electron chi connectivity index (χ2n) is 5.57. The van der Waals surface area contributed by atoms with Gasteiger partial charge in [-0.15, -0.1) is 12.4 Å². The van der Waals surface area contributed by atoms with Gasteiger partial charge in [-0.25, -0.2) is 4.39 Å². The van der Waals surface area contributed by atoms with Crippen LogP contribution in [0.15, 0.2) is 48.5 Å². The molecule has 3 nitrogen and oxygen atoms in total. The van der Waals surface area contributed by atoms with E-state index in [9.17, 15) is 14.6 Å². The number of aryl methyl sites for hydroxylation is 1. The van der Waals surface area contributed by atoms with Crippen molar-refractivity contribution in [1.29, 1.82) is 0 Å². The van der Waals surface area contributed by atoms with Gasteiger partial charge in [-0.05, 0) is 50.2 Å². The van der Waals surface area contributed by atoms with E-state index in [1.165, 1.54) is 11.6 Å². The Labute approximate surface area is 142 Å². The number of aromatic hydroxyl groups is 1. The van der Waals surface area contributed by atoms with Crippen molar-refractivity contribution >= 4 is 12.4 Å². The van der Waals surface area contributed by atoms with E-state index in [-0.39, 0.29) is 24.0 Å². The molecule has 0 aliphatic heterocycles. The smallest absolute Gasteiger partial charge is 0.129 e. The van der Waals surface area contributed by atoms with E-state index in [1.54, 1.807) is 30.3 Å². The molecule has 2 aromatic carbocycles. The standard InChI is InChI=1S/C18H22FNO2.ClH/c1-20(12-4-5-14-8-10-15(21)11-9-14)13-18(22)16-6-2-3-7-17(16)19;/h2-3,6-11,18,21-22H,4-5,12-13H2,1H3;1H/t18-;/m1./s1. The van der Waals surface area contributed by atoms with Gasteiger partial charge < -0.3 is 15.1 Å². The fraction of sp³-hybridized carbons (Fsp3) is 0.333. The Bertz CT molecular complexity index is 592. The average Bonchev–Trinajstić information content (AvgIpc) is 2.49. The number of phenols is 1. The van der Waals surface area contributed by atoms with E-state index in [1.807, 2.05) is 24.1 Å². The highest BCUT2D eigenvalue weighted by molar-refractivity contribution is 5.85. The first-order chi connectivity index (χ1) is 10.6. The Kier molecular flexibility index (Phi) is 8.03. The molecule has 2 N–H and O–H groups in total. The molecule has 0 fully saturated rings. The molecule has 0 aliphatic carbocycles. The SMILES string of the molecule is CN(CCCc1ccc(O)cc1)C[C@@H](O)c1ccccc1F.Cl. The van der Waals surface area contributed by atoms with Crippen LogP contribution in [0, 0.1) is 5.82 Å². The molecule has 5 heteroatoms. The van der Waals surface area contributed by atoms with Crippen LogP contribution in [0.1, 0.15) is 23.7 Å². The highest BCUT2D eigenvalue weighted by Gasteiger charge is 2.14. The van der Waals surface area contributed by atoms with Crippen molar-refractivity contribution in [3.8, 4) is 5.75 Å². The number of phenolic OH excluding ortho intramolecular Hbond substituents is 1. The summed E-state index contributed by atoms with van der Waals surface area (Å²) in [6, 6.07) is 13.5. The molecule has 0 saturated heterocycles. The van der Waals surface area contributed by atoms with E-state index in [0.29, 0.717) is 12.1 Å². The minimum atomic E-state index is -0.820. The summed E-state index contributed by atoms with van der Waals surface area (Å²) in [5.74, 6) is -0.0960. The van der Waals surface area contributed by atoms with Crippen LogP contribution in [0.25, 0.3) is 0 Å². The van der Waals surface area contributed by atoms with E-state index in [4.69, 9.17) is 0 Å². The van der Waals surface area contributed by atoms with Gasteiger partial charge in [0.25, 0.3) is 0 Å². The predicted molar refractivity (Wildman–Crippen MR) is 92.5 cm³/mol. The average molecular weight is 340 g/mol. The van der Waals surface area contributed by atoms with E-state index in [2.05, 4.69) is 0 Å². The summed E-state index contributed by atoms with van der Waals surface area (Å²) in [7, 11) is 1.92. The van der Waals surface area contributed by atoms with Crippen molar-refractivity contribution in [3.05, 3.63) is 65.5 Å². The van der Waals surface area contributed by atoms with Crippen LogP contribution in [-0.4, -0.2) is 35.3 Å². The van der Waals surface area contributed by atoms with Crippen molar-refractivity contribution < 1.29 is 14.6 Å². The maximum absolute atomic E-state index is 13.6. The first-order valence-electron chi connectivity index (χ1n) is 7.45. The third-order valence-electron chi connectivity index (χ3n) is 3.69. The molecule has 23 heavy (non-hydrogen) atoms. The van der Waals surface area contributed by atoms with Crippen LogP contribution in [0.2, 0.25) is 0 Å². The van der Waals surface area contributed by atoms with Gasteiger partial charge in [-0.1, -0.05) is 30.3 Å². The van der Waals surface area contributed by atoms with Crippen LogP contribution >= 0.6 is 12.4 Å². The normalized spacial score (nSPS) is 12.0. The Morgan fingerprint density at radius 2 is 1.74 bits per heavy atom. The summed E-state index contributed by atoms with van der Waals surface area (Å²) < 4.78 is 13.6. The summed E-state index contributed by atoms with van der Waals surface area (Å²) >= 11 is 0. The molecular weight excluding hydrogens is 317 g/mol. The Hall–Kier alpha value is -1.62. The maximum Gasteiger partial charge on any atom is 0.129 e. The van der Waals surface area contributed by atoms with Gasteiger partial charge in [0.1, 0.15) is 11.6 Å². The molecule has 126 valence electrons. The van der Waals surface area contributed by atoms with Gasteiger partial charge in [-0.3, -0.25) is 0 Å². The van der Waals surface area contributed by atoms with E-state index in [0.717, 1.165) is 19.4 Å². The van der Waals surface area contributed by atoms with E-state index >= 15 is 0 Å². The molecule has 0 bridgehead atoms. The number of rotatable bonds is 7. The summed E-state index contributed by atoms with van der Waals surface area (Å²) in [5, 5.41) is 19.3. The molecule has 0 aliphatic rings. The first-order valence-corrected chi connectivity index (χ1v) is 7.45. The largest absolute Gasteiger partial charge is 0.508 e. The Morgan fingerprint density at radius 3 is 2.39 bits per heavy atom. The summed E-state index contributed by atoms with van der Waals surface area (Å²) in [6.07, 6.45) is 1.02. The zero-order chi connectivity index (χ0) is 15.9. The highest BCUT2D eigenvalue weighted by Crippen LogP contribution is 2.17. The van der Waals surface area contributed by atoms with Gasteiger partial charge in [0.05, 0.1) is 6.10 Å². The summed E-state index contributed by atoms with van der Waals surface area (Å²) in [6.45, 7) is 1.21. The molecule has 0 heterocycles. The maximum atomic E-state index is 13.6. The monoisotopic (exact) mass is 339 g/mol. The molecule has 2 rings (SSSR count). The number of aliphatic hydroxyl groups excluding tert-OH is 1. The molecule has 0 saturated carbocycles. The predicted octanol–water partition coefficient (Wildman–Crippen LogP) is 3.55. The fourth-order valence-corrected chi connectivity index (χ4v) is 2.45. The second kappa shape index (κ2) is 9.50. The van der Waals surface area contributed by atoms with Crippen LogP contribution in [0.4, 0.5) is 4.39 Å². The number of likely N-dealkylation sites (N-methyl/N-ethyl adjacent to an activating group) is 1. The molecule has 0 spiro atoms. The zero-order valence-corrected chi connectivity index (χ0v) is 14.0. The Morgan fingerprint density at radius 1 is 1.09 bits per heavy atom. The third-order valence-corrected chi connectivity index (χ3v) is 3.69. The number of benzene rings is 2. The second-order valence-corrected chi connectivity index (χ2v) is 5.57. The molecule has 1 atom stereocenters. The third kappa shape index (κ3) is 6.18. The number of hydrogen-bond donors (Lipinski definition) is 2. The van der Waals surface area contributed by atoms with Crippen molar-refractivity contribution in [2.45, 2.75) is 18.9 Å². The van der Waals surface area contributed by atoms with Gasteiger partial charge in [0.2, 0.25) is 0 Å². The van der Waals surface area contributed by atoms with Gasteiger partial charge >= 0.3 is 0 Å². The summed E-state index contributed by atoms with van der Waals surface area (Å²) in [5.41, 5.74) is 1.51. The molecular formula is C18H23ClFNO2. The molecule has 0 radical (unpaired) electrons. The van der Waals surface area contributed by atoms with E-state index < -0.39 is 6.10 Å². The number of aliphatic hydroxyl groups is 1. The van der Waals surface area contributed by atoms with Gasteiger partial charge in [0.15, 0.2) is 0 Å².